The molecule has 0 saturated carbocycles. The van der Waals surface area contributed by atoms with Gasteiger partial charge < -0.3 is 14.0 Å². The fourth-order valence-corrected chi connectivity index (χ4v) is 4.55. The van der Waals surface area contributed by atoms with Gasteiger partial charge in [0.05, 0.1) is 35.4 Å². The standard InChI is InChI=1S/C19H21Cl2O4P/c1-3-23-12-13-25-26(15-10-8-14(9-11-15)24-4-2)19(22)18-16(20)6-5-7-17(18)21/h5-11H,3-4,12-13H2,1-2H3. The van der Waals surface area contributed by atoms with Gasteiger partial charge in [0.15, 0.2) is 0 Å². The Bertz CT molecular complexity index is 702. The van der Waals surface area contributed by atoms with E-state index in [2.05, 4.69) is 0 Å². The number of ether oxygens (including phenoxy) is 2. The maximum absolute atomic E-state index is 13.1. The minimum atomic E-state index is -1.61. The topological polar surface area (TPSA) is 44.8 Å². The van der Waals surface area contributed by atoms with Crippen molar-refractivity contribution in [2.24, 2.45) is 0 Å². The molecule has 2 aromatic carbocycles. The van der Waals surface area contributed by atoms with Gasteiger partial charge >= 0.3 is 0 Å². The van der Waals surface area contributed by atoms with Gasteiger partial charge in [0.2, 0.25) is 5.52 Å². The molecule has 1 unspecified atom stereocenters. The third-order valence-corrected chi connectivity index (χ3v) is 5.83. The first-order valence-electron chi connectivity index (χ1n) is 8.30. The molecule has 0 saturated heterocycles. The van der Waals surface area contributed by atoms with Crippen molar-refractivity contribution in [1.82, 2.24) is 0 Å². The summed E-state index contributed by atoms with van der Waals surface area (Å²) in [6.45, 7) is 5.71. The molecule has 1 atom stereocenters. The molecule has 0 bridgehead atoms. The molecule has 0 amide bonds. The highest BCUT2D eigenvalue weighted by Crippen LogP contribution is 2.43. The van der Waals surface area contributed by atoms with E-state index in [4.69, 9.17) is 37.2 Å². The Balaban J connectivity index is 2.29. The summed E-state index contributed by atoms with van der Waals surface area (Å²) in [7, 11) is -1.61. The molecule has 0 radical (unpaired) electrons. The van der Waals surface area contributed by atoms with Crippen LogP contribution in [0.4, 0.5) is 0 Å². The summed E-state index contributed by atoms with van der Waals surface area (Å²) in [6, 6.07) is 12.3. The van der Waals surface area contributed by atoms with E-state index in [1.165, 1.54) is 0 Å². The summed E-state index contributed by atoms with van der Waals surface area (Å²) < 4.78 is 16.7. The van der Waals surface area contributed by atoms with Gasteiger partial charge in [-0.05, 0) is 50.2 Å². The van der Waals surface area contributed by atoms with Gasteiger partial charge in [0.25, 0.3) is 0 Å². The van der Waals surface area contributed by atoms with Gasteiger partial charge in [-0.2, -0.15) is 0 Å². The summed E-state index contributed by atoms with van der Waals surface area (Å²) in [6.07, 6.45) is 0. The number of rotatable bonds is 10. The van der Waals surface area contributed by atoms with Crippen molar-refractivity contribution < 1.29 is 18.8 Å². The molecule has 7 heteroatoms. The van der Waals surface area contributed by atoms with Crippen LogP contribution in [0.2, 0.25) is 10.0 Å². The monoisotopic (exact) mass is 414 g/mol. The van der Waals surface area contributed by atoms with Crippen LogP contribution in [0.1, 0.15) is 24.2 Å². The lowest BCUT2D eigenvalue weighted by molar-refractivity contribution is 0.102. The zero-order valence-corrected chi connectivity index (χ0v) is 17.1. The minimum absolute atomic E-state index is 0.226. The first-order chi connectivity index (χ1) is 12.6. The Morgan fingerprint density at radius 2 is 1.62 bits per heavy atom. The van der Waals surface area contributed by atoms with Crippen LogP contribution >= 0.6 is 31.4 Å². The van der Waals surface area contributed by atoms with Crippen molar-refractivity contribution >= 4 is 42.2 Å². The molecule has 0 fully saturated rings. The van der Waals surface area contributed by atoms with Crippen molar-refractivity contribution in [1.29, 1.82) is 0 Å². The molecular formula is C19H21Cl2O4P. The van der Waals surface area contributed by atoms with Crippen LogP contribution in [-0.4, -0.2) is 32.0 Å². The Morgan fingerprint density at radius 1 is 0.962 bits per heavy atom. The predicted molar refractivity (Wildman–Crippen MR) is 107 cm³/mol. The van der Waals surface area contributed by atoms with E-state index < -0.39 is 8.15 Å². The third kappa shape index (κ3) is 5.67. The normalized spacial score (nSPS) is 12.0. The Labute approximate surface area is 165 Å². The molecule has 2 aromatic rings. The Hall–Kier alpha value is -1.16. The van der Waals surface area contributed by atoms with Crippen molar-refractivity contribution in [2.45, 2.75) is 13.8 Å². The van der Waals surface area contributed by atoms with Crippen molar-refractivity contribution in [2.75, 3.05) is 26.4 Å². The Morgan fingerprint density at radius 3 is 2.19 bits per heavy atom. The zero-order valence-electron chi connectivity index (χ0n) is 14.7. The van der Waals surface area contributed by atoms with Gasteiger partial charge in [0, 0.05) is 11.9 Å². The smallest absolute Gasteiger partial charge is 0.219 e. The van der Waals surface area contributed by atoms with Gasteiger partial charge in [-0.15, -0.1) is 0 Å². The lowest BCUT2D eigenvalue weighted by Crippen LogP contribution is -2.14. The number of carbonyl (C=O) groups excluding carboxylic acids is 1. The van der Waals surface area contributed by atoms with E-state index in [0.29, 0.717) is 36.5 Å². The maximum atomic E-state index is 13.1. The number of hydrogen-bond acceptors (Lipinski definition) is 4. The molecule has 0 heterocycles. The molecule has 2 rings (SSSR count). The molecule has 0 aliphatic heterocycles. The van der Waals surface area contributed by atoms with Crippen LogP contribution in [0.25, 0.3) is 0 Å². The fourth-order valence-electron chi connectivity index (χ4n) is 2.23. The van der Waals surface area contributed by atoms with Gasteiger partial charge in [-0.1, -0.05) is 29.3 Å². The number of hydrogen-bond donors (Lipinski definition) is 0. The third-order valence-electron chi connectivity index (χ3n) is 3.40. The second-order valence-corrected chi connectivity index (χ2v) is 7.74. The van der Waals surface area contributed by atoms with Crippen LogP contribution in [0.3, 0.4) is 0 Å². The highest BCUT2D eigenvalue weighted by Gasteiger charge is 2.27. The lowest BCUT2D eigenvalue weighted by Gasteiger charge is -2.18. The van der Waals surface area contributed by atoms with Crippen LogP contribution in [0, 0.1) is 0 Å². The number of carbonyl (C=O) groups is 1. The SMILES string of the molecule is CCOCCOP(C(=O)c1c(Cl)cccc1Cl)c1ccc(OCC)cc1. The summed E-state index contributed by atoms with van der Waals surface area (Å²) in [5.41, 5.74) is 0.0588. The van der Waals surface area contributed by atoms with Crippen molar-refractivity contribution in [3.05, 3.63) is 58.1 Å². The van der Waals surface area contributed by atoms with E-state index in [-0.39, 0.29) is 11.1 Å². The Kier molecular flexibility index (Phi) is 8.83. The van der Waals surface area contributed by atoms with Gasteiger partial charge in [-0.25, -0.2) is 0 Å². The summed E-state index contributed by atoms with van der Waals surface area (Å²) in [4.78, 5) is 13.1. The van der Waals surface area contributed by atoms with Gasteiger partial charge in [0.1, 0.15) is 13.9 Å². The van der Waals surface area contributed by atoms with E-state index in [1.807, 2.05) is 38.1 Å². The van der Waals surface area contributed by atoms with Crippen molar-refractivity contribution in [3.8, 4) is 5.75 Å². The molecule has 4 nitrogen and oxygen atoms in total. The highest BCUT2D eigenvalue weighted by molar-refractivity contribution is 7.78. The fraction of sp³-hybridized carbons (Fsp3) is 0.316. The largest absolute Gasteiger partial charge is 0.494 e. The van der Waals surface area contributed by atoms with E-state index in [1.54, 1.807) is 18.2 Å². The molecule has 0 aliphatic carbocycles. The molecule has 0 spiro atoms. The van der Waals surface area contributed by atoms with Crippen LogP contribution in [-0.2, 0) is 9.26 Å². The molecule has 0 aliphatic rings. The number of benzene rings is 2. The zero-order chi connectivity index (χ0) is 18.9. The first-order valence-corrected chi connectivity index (χ1v) is 10.3. The summed E-state index contributed by atoms with van der Waals surface area (Å²) >= 11 is 12.4. The molecule has 140 valence electrons. The van der Waals surface area contributed by atoms with E-state index in [9.17, 15) is 4.79 Å². The van der Waals surface area contributed by atoms with Crippen LogP contribution < -0.4 is 10.0 Å². The van der Waals surface area contributed by atoms with Crippen LogP contribution in [0.15, 0.2) is 42.5 Å². The van der Waals surface area contributed by atoms with Crippen molar-refractivity contribution in [3.63, 3.8) is 0 Å². The molecule has 0 aromatic heterocycles. The quantitative estimate of drug-likeness (QED) is 0.390. The molecule has 0 N–H and O–H groups in total. The average Bonchev–Trinajstić information content (AvgIpc) is 2.63. The minimum Gasteiger partial charge on any atom is -0.494 e. The highest BCUT2D eigenvalue weighted by atomic mass is 35.5. The number of halogens is 2. The molecular weight excluding hydrogens is 394 g/mol. The van der Waals surface area contributed by atoms with E-state index in [0.717, 1.165) is 11.1 Å². The second kappa shape index (κ2) is 10.9. The van der Waals surface area contributed by atoms with E-state index >= 15 is 0 Å². The predicted octanol–water partition coefficient (Wildman–Crippen LogP) is 5.31. The average molecular weight is 415 g/mol. The molecule has 26 heavy (non-hydrogen) atoms. The lowest BCUT2D eigenvalue weighted by atomic mass is 10.2. The second-order valence-electron chi connectivity index (χ2n) is 5.15. The summed E-state index contributed by atoms with van der Waals surface area (Å²) in [5.74, 6) is 0.740. The maximum Gasteiger partial charge on any atom is 0.219 e. The van der Waals surface area contributed by atoms with Crippen LogP contribution in [0.5, 0.6) is 5.75 Å². The summed E-state index contributed by atoms with van der Waals surface area (Å²) in [5, 5.41) is 1.39. The van der Waals surface area contributed by atoms with Gasteiger partial charge in [-0.3, -0.25) is 4.79 Å². The first kappa shape index (κ1) is 21.1.